The van der Waals surface area contributed by atoms with E-state index in [9.17, 15) is 10.1 Å². The van der Waals surface area contributed by atoms with Gasteiger partial charge in [-0.05, 0) is 45.3 Å². The molecule has 1 heterocycles. The van der Waals surface area contributed by atoms with Gasteiger partial charge in [0.25, 0.3) is 5.69 Å². The van der Waals surface area contributed by atoms with Crippen LogP contribution in [0, 0.1) is 10.1 Å². The zero-order valence-electron chi connectivity index (χ0n) is 11.7. The number of nitrogens with zero attached hydrogens (tertiary/aromatic N) is 3. The molecule has 1 N–H and O–H groups in total. The van der Waals surface area contributed by atoms with E-state index in [1.165, 1.54) is 6.07 Å². The quantitative estimate of drug-likeness (QED) is 0.498. The number of nitro groups is 1. The minimum absolute atomic E-state index is 0.0411. The third kappa shape index (κ3) is 3.21. The average molecular weight is 274 g/mol. The summed E-state index contributed by atoms with van der Waals surface area (Å²) in [7, 11) is 4.07. The molecule has 0 bridgehead atoms. The van der Waals surface area contributed by atoms with E-state index in [1.54, 1.807) is 18.3 Å². The lowest BCUT2D eigenvalue weighted by Gasteiger charge is -2.12. The molecule has 6 heteroatoms. The van der Waals surface area contributed by atoms with E-state index in [1.807, 2.05) is 20.2 Å². The molecule has 0 aliphatic heterocycles. The Morgan fingerprint density at radius 1 is 1.35 bits per heavy atom. The van der Waals surface area contributed by atoms with Gasteiger partial charge in [0.05, 0.1) is 4.92 Å². The number of anilines is 1. The molecule has 0 amide bonds. The Labute approximate surface area is 117 Å². The summed E-state index contributed by atoms with van der Waals surface area (Å²) in [5, 5.41) is 15.1. The Morgan fingerprint density at radius 2 is 2.15 bits per heavy atom. The number of nitro benzene ring substituents is 1. The molecular formula is C14H18N4O2. The maximum atomic E-state index is 11.0. The monoisotopic (exact) mass is 274 g/mol. The molecule has 6 nitrogen and oxygen atoms in total. The summed E-state index contributed by atoms with van der Waals surface area (Å²) >= 11 is 0. The Hall–Kier alpha value is -2.21. The first kappa shape index (κ1) is 14.2. The predicted octanol–water partition coefficient (Wildman–Crippen LogP) is 2.51. The van der Waals surface area contributed by atoms with E-state index < -0.39 is 4.92 Å². The van der Waals surface area contributed by atoms with Gasteiger partial charge < -0.3 is 10.2 Å². The van der Waals surface area contributed by atoms with Crippen molar-refractivity contribution in [2.45, 2.75) is 6.42 Å². The van der Waals surface area contributed by atoms with Crippen molar-refractivity contribution < 1.29 is 4.92 Å². The van der Waals surface area contributed by atoms with E-state index in [0.29, 0.717) is 5.52 Å². The summed E-state index contributed by atoms with van der Waals surface area (Å²) in [6.45, 7) is 1.82. The Bertz CT molecular complexity index is 613. The average Bonchev–Trinajstić information content (AvgIpc) is 2.43. The highest BCUT2D eigenvalue weighted by molar-refractivity contribution is 5.96. The van der Waals surface area contributed by atoms with Gasteiger partial charge in [0.1, 0.15) is 5.52 Å². The van der Waals surface area contributed by atoms with Crippen LogP contribution < -0.4 is 5.32 Å². The number of pyridine rings is 1. The lowest BCUT2D eigenvalue weighted by molar-refractivity contribution is -0.383. The van der Waals surface area contributed by atoms with Crippen LogP contribution >= 0.6 is 0 Å². The highest BCUT2D eigenvalue weighted by Gasteiger charge is 2.14. The highest BCUT2D eigenvalue weighted by atomic mass is 16.6. The van der Waals surface area contributed by atoms with Crippen molar-refractivity contribution >= 4 is 22.3 Å². The summed E-state index contributed by atoms with van der Waals surface area (Å²) in [6.07, 6.45) is 2.58. The third-order valence-electron chi connectivity index (χ3n) is 3.04. The minimum Gasteiger partial charge on any atom is -0.384 e. The summed E-state index contributed by atoms with van der Waals surface area (Å²) < 4.78 is 0. The van der Waals surface area contributed by atoms with Crippen LogP contribution in [0.2, 0.25) is 0 Å². The standard InChI is InChI=1S/C14H18N4O2/c1-17(2)10-4-9-15-12-6-7-13(18(19)20)14-11(12)5-3-8-16-14/h3,5-8,15H,4,9-10H2,1-2H3. The van der Waals surface area contributed by atoms with E-state index in [0.717, 1.165) is 30.6 Å². The molecule has 0 saturated heterocycles. The van der Waals surface area contributed by atoms with Crippen molar-refractivity contribution in [3.8, 4) is 0 Å². The highest BCUT2D eigenvalue weighted by Crippen LogP contribution is 2.29. The summed E-state index contributed by atoms with van der Waals surface area (Å²) in [5.74, 6) is 0. The second-order valence-corrected chi connectivity index (χ2v) is 4.87. The van der Waals surface area contributed by atoms with Crippen molar-refractivity contribution in [3.63, 3.8) is 0 Å². The molecule has 2 rings (SSSR count). The Morgan fingerprint density at radius 3 is 2.85 bits per heavy atom. The summed E-state index contributed by atoms with van der Waals surface area (Å²) in [5.41, 5.74) is 1.35. The van der Waals surface area contributed by atoms with Crippen LogP contribution in [0.1, 0.15) is 6.42 Å². The largest absolute Gasteiger partial charge is 0.384 e. The summed E-state index contributed by atoms with van der Waals surface area (Å²) in [4.78, 5) is 16.9. The van der Waals surface area contributed by atoms with Crippen LogP contribution in [0.15, 0.2) is 30.5 Å². The van der Waals surface area contributed by atoms with Crippen molar-refractivity contribution in [2.24, 2.45) is 0 Å². The SMILES string of the molecule is CN(C)CCCNc1ccc([N+](=O)[O-])c2ncccc12. The minimum atomic E-state index is -0.398. The Balaban J connectivity index is 2.22. The molecule has 0 radical (unpaired) electrons. The van der Waals surface area contributed by atoms with E-state index >= 15 is 0 Å². The molecule has 20 heavy (non-hydrogen) atoms. The van der Waals surface area contributed by atoms with Gasteiger partial charge in [0.15, 0.2) is 0 Å². The number of fused-ring (bicyclic) bond motifs is 1. The number of hydrogen-bond donors (Lipinski definition) is 1. The van der Waals surface area contributed by atoms with Crippen LogP contribution in [-0.4, -0.2) is 42.0 Å². The number of rotatable bonds is 6. The molecule has 2 aromatic rings. The molecule has 0 atom stereocenters. The number of benzene rings is 1. The maximum Gasteiger partial charge on any atom is 0.295 e. The smallest absolute Gasteiger partial charge is 0.295 e. The molecule has 0 spiro atoms. The van der Waals surface area contributed by atoms with Gasteiger partial charge >= 0.3 is 0 Å². The van der Waals surface area contributed by atoms with Crippen LogP contribution in [0.25, 0.3) is 10.9 Å². The number of hydrogen-bond acceptors (Lipinski definition) is 5. The second kappa shape index (κ2) is 6.29. The van der Waals surface area contributed by atoms with Gasteiger partial charge in [0, 0.05) is 29.9 Å². The maximum absolute atomic E-state index is 11.0. The predicted molar refractivity (Wildman–Crippen MR) is 80.1 cm³/mol. The zero-order valence-corrected chi connectivity index (χ0v) is 11.7. The molecule has 0 saturated carbocycles. The van der Waals surface area contributed by atoms with Gasteiger partial charge in [0.2, 0.25) is 0 Å². The van der Waals surface area contributed by atoms with Crippen molar-refractivity contribution in [1.29, 1.82) is 0 Å². The molecule has 1 aromatic heterocycles. The number of aromatic nitrogens is 1. The van der Waals surface area contributed by atoms with Gasteiger partial charge in [-0.3, -0.25) is 10.1 Å². The normalized spacial score (nSPS) is 10.9. The molecule has 106 valence electrons. The van der Waals surface area contributed by atoms with Crippen LogP contribution in [0.5, 0.6) is 0 Å². The first-order valence-electron chi connectivity index (χ1n) is 6.50. The molecule has 0 fully saturated rings. The van der Waals surface area contributed by atoms with E-state index in [-0.39, 0.29) is 5.69 Å². The van der Waals surface area contributed by atoms with Crippen LogP contribution in [0.4, 0.5) is 11.4 Å². The van der Waals surface area contributed by atoms with E-state index in [2.05, 4.69) is 15.2 Å². The molecular weight excluding hydrogens is 256 g/mol. The Kier molecular flexibility index (Phi) is 4.47. The van der Waals surface area contributed by atoms with E-state index in [4.69, 9.17) is 0 Å². The molecule has 0 unspecified atom stereocenters. The lowest BCUT2D eigenvalue weighted by Crippen LogP contribution is -2.16. The fraction of sp³-hybridized carbons (Fsp3) is 0.357. The van der Waals surface area contributed by atoms with Crippen molar-refractivity contribution in [2.75, 3.05) is 32.5 Å². The van der Waals surface area contributed by atoms with Gasteiger partial charge in [-0.1, -0.05) is 0 Å². The van der Waals surface area contributed by atoms with Crippen LogP contribution in [0.3, 0.4) is 0 Å². The number of non-ortho nitro benzene ring substituents is 1. The van der Waals surface area contributed by atoms with Crippen molar-refractivity contribution in [1.82, 2.24) is 9.88 Å². The van der Waals surface area contributed by atoms with Crippen LogP contribution in [-0.2, 0) is 0 Å². The molecule has 1 aromatic carbocycles. The second-order valence-electron chi connectivity index (χ2n) is 4.87. The lowest BCUT2D eigenvalue weighted by atomic mass is 10.1. The topological polar surface area (TPSA) is 71.3 Å². The van der Waals surface area contributed by atoms with Gasteiger partial charge in [-0.25, -0.2) is 4.98 Å². The molecule has 0 aliphatic carbocycles. The fourth-order valence-electron chi connectivity index (χ4n) is 2.08. The molecule has 0 aliphatic rings. The van der Waals surface area contributed by atoms with Crippen molar-refractivity contribution in [3.05, 3.63) is 40.6 Å². The third-order valence-corrected chi connectivity index (χ3v) is 3.04. The first-order chi connectivity index (χ1) is 9.59. The first-order valence-corrected chi connectivity index (χ1v) is 6.50. The summed E-state index contributed by atoms with van der Waals surface area (Å²) in [6, 6.07) is 6.89. The fourth-order valence-corrected chi connectivity index (χ4v) is 2.08. The van der Waals surface area contributed by atoms with Gasteiger partial charge in [-0.2, -0.15) is 0 Å². The zero-order chi connectivity index (χ0) is 14.5. The van der Waals surface area contributed by atoms with Gasteiger partial charge in [-0.15, -0.1) is 0 Å². The number of nitrogens with one attached hydrogen (secondary N) is 1.